The Labute approximate surface area is 168 Å². The molecule has 28 heavy (non-hydrogen) atoms. The first kappa shape index (κ1) is 20.7. The van der Waals surface area contributed by atoms with Crippen molar-refractivity contribution in [3.05, 3.63) is 36.4 Å². The molecule has 0 aromatic heterocycles. The molecule has 1 aliphatic rings. The van der Waals surface area contributed by atoms with Gasteiger partial charge in [0, 0.05) is 23.1 Å². The van der Waals surface area contributed by atoms with Gasteiger partial charge in [-0.3, -0.25) is 4.79 Å². The minimum Gasteiger partial charge on any atom is -0.493 e. The Morgan fingerprint density at radius 1 is 1.21 bits per heavy atom. The SMILES string of the molecule is CCO[C@]1(C(=O)Nc2ccc(OCC(C)C)c3ccccc23)CCC[C@H](C)C1. The summed E-state index contributed by atoms with van der Waals surface area (Å²) in [5, 5.41) is 5.18. The number of benzene rings is 2. The van der Waals surface area contributed by atoms with E-state index in [0.717, 1.165) is 47.9 Å². The summed E-state index contributed by atoms with van der Waals surface area (Å²) in [4.78, 5) is 13.3. The Morgan fingerprint density at radius 3 is 2.64 bits per heavy atom. The molecule has 0 aliphatic heterocycles. The zero-order valence-electron chi connectivity index (χ0n) is 17.6. The normalized spacial score (nSPS) is 22.4. The van der Waals surface area contributed by atoms with Crippen LogP contribution in [0.4, 0.5) is 5.69 Å². The second-order valence-corrected chi connectivity index (χ2v) is 8.44. The van der Waals surface area contributed by atoms with Gasteiger partial charge in [0.15, 0.2) is 0 Å². The van der Waals surface area contributed by atoms with Gasteiger partial charge in [-0.1, -0.05) is 51.5 Å². The second-order valence-electron chi connectivity index (χ2n) is 8.44. The van der Waals surface area contributed by atoms with Crippen molar-refractivity contribution in [3.63, 3.8) is 0 Å². The second kappa shape index (κ2) is 8.95. The number of rotatable bonds is 7. The molecular formula is C24H33NO3. The fourth-order valence-corrected chi connectivity index (χ4v) is 4.18. The van der Waals surface area contributed by atoms with Gasteiger partial charge in [-0.2, -0.15) is 0 Å². The first-order valence-corrected chi connectivity index (χ1v) is 10.5. The van der Waals surface area contributed by atoms with Gasteiger partial charge in [0.05, 0.1) is 6.61 Å². The molecule has 0 saturated heterocycles. The van der Waals surface area contributed by atoms with Gasteiger partial charge in [-0.05, 0) is 50.2 Å². The summed E-state index contributed by atoms with van der Waals surface area (Å²) in [6.07, 6.45) is 3.74. The lowest BCUT2D eigenvalue weighted by Gasteiger charge is -2.38. The van der Waals surface area contributed by atoms with E-state index in [-0.39, 0.29) is 5.91 Å². The van der Waals surface area contributed by atoms with Crippen LogP contribution in [0.2, 0.25) is 0 Å². The van der Waals surface area contributed by atoms with Crippen LogP contribution < -0.4 is 10.1 Å². The summed E-state index contributed by atoms with van der Waals surface area (Å²) in [5.41, 5.74) is 0.0927. The predicted octanol–water partition coefficient (Wildman–Crippen LogP) is 5.80. The smallest absolute Gasteiger partial charge is 0.256 e. The third-order valence-corrected chi connectivity index (χ3v) is 5.49. The van der Waals surface area contributed by atoms with Crippen molar-refractivity contribution in [2.24, 2.45) is 11.8 Å². The van der Waals surface area contributed by atoms with Gasteiger partial charge in [-0.15, -0.1) is 0 Å². The lowest BCUT2D eigenvalue weighted by Crippen LogP contribution is -2.48. The molecule has 0 spiro atoms. The molecule has 0 radical (unpaired) electrons. The number of carbonyl (C=O) groups is 1. The molecule has 2 aromatic rings. The molecule has 4 nitrogen and oxygen atoms in total. The Kier molecular flexibility index (Phi) is 6.61. The average Bonchev–Trinajstić information content (AvgIpc) is 2.67. The molecule has 0 heterocycles. The molecule has 1 saturated carbocycles. The molecule has 1 amide bonds. The van der Waals surface area contributed by atoms with Gasteiger partial charge in [0.1, 0.15) is 11.4 Å². The number of ether oxygens (including phenoxy) is 2. The van der Waals surface area contributed by atoms with E-state index in [2.05, 4.69) is 26.1 Å². The Balaban J connectivity index is 1.89. The highest BCUT2D eigenvalue weighted by Crippen LogP contribution is 2.38. The maximum absolute atomic E-state index is 13.3. The molecule has 0 unspecified atom stereocenters. The average molecular weight is 384 g/mol. The lowest BCUT2D eigenvalue weighted by atomic mass is 9.78. The predicted molar refractivity (Wildman–Crippen MR) is 115 cm³/mol. The van der Waals surface area contributed by atoms with Crippen LogP contribution in [0.25, 0.3) is 10.8 Å². The molecule has 4 heteroatoms. The summed E-state index contributed by atoms with van der Waals surface area (Å²) in [7, 11) is 0. The molecular weight excluding hydrogens is 350 g/mol. The van der Waals surface area contributed by atoms with Crippen LogP contribution in [0, 0.1) is 11.8 Å². The quantitative estimate of drug-likeness (QED) is 0.657. The van der Waals surface area contributed by atoms with Crippen molar-refractivity contribution >= 4 is 22.4 Å². The van der Waals surface area contributed by atoms with Crippen LogP contribution in [-0.2, 0) is 9.53 Å². The molecule has 3 rings (SSSR count). The highest BCUT2D eigenvalue weighted by molar-refractivity contribution is 6.06. The third-order valence-electron chi connectivity index (χ3n) is 5.49. The van der Waals surface area contributed by atoms with Crippen molar-refractivity contribution in [2.75, 3.05) is 18.5 Å². The summed E-state index contributed by atoms with van der Waals surface area (Å²) in [6, 6.07) is 12.0. The van der Waals surface area contributed by atoms with E-state index in [1.807, 2.05) is 43.3 Å². The van der Waals surface area contributed by atoms with Crippen molar-refractivity contribution in [3.8, 4) is 5.75 Å². The number of nitrogens with one attached hydrogen (secondary N) is 1. The van der Waals surface area contributed by atoms with Crippen LogP contribution in [-0.4, -0.2) is 24.7 Å². The van der Waals surface area contributed by atoms with Crippen molar-refractivity contribution in [1.29, 1.82) is 0 Å². The number of carbonyl (C=O) groups excluding carboxylic acids is 1. The van der Waals surface area contributed by atoms with E-state index in [0.29, 0.717) is 25.0 Å². The van der Waals surface area contributed by atoms with Gasteiger partial charge < -0.3 is 14.8 Å². The van der Waals surface area contributed by atoms with Crippen molar-refractivity contribution in [2.45, 2.75) is 59.0 Å². The van der Waals surface area contributed by atoms with Crippen LogP contribution in [0.15, 0.2) is 36.4 Å². The van der Waals surface area contributed by atoms with Crippen LogP contribution in [0.1, 0.15) is 53.4 Å². The van der Waals surface area contributed by atoms with Gasteiger partial charge in [0.2, 0.25) is 0 Å². The van der Waals surface area contributed by atoms with E-state index in [1.54, 1.807) is 0 Å². The minimum absolute atomic E-state index is 0.0260. The molecule has 2 atom stereocenters. The van der Waals surface area contributed by atoms with Crippen LogP contribution in [0.3, 0.4) is 0 Å². The molecule has 2 aromatic carbocycles. The summed E-state index contributed by atoms with van der Waals surface area (Å²) in [5.74, 6) is 1.78. The van der Waals surface area contributed by atoms with Gasteiger partial charge >= 0.3 is 0 Å². The third kappa shape index (κ3) is 4.49. The minimum atomic E-state index is -0.722. The van der Waals surface area contributed by atoms with E-state index in [4.69, 9.17) is 9.47 Å². The molecule has 1 N–H and O–H groups in total. The number of amides is 1. The van der Waals surface area contributed by atoms with E-state index < -0.39 is 5.60 Å². The monoisotopic (exact) mass is 383 g/mol. The van der Waals surface area contributed by atoms with Crippen LogP contribution >= 0.6 is 0 Å². The standard InChI is InChI=1S/C24H33NO3/c1-5-28-24(14-8-9-18(4)15-24)23(26)25-21-12-13-22(27-16-17(2)3)20-11-7-6-10-19(20)21/h6-7,10-13,17-18H,5,8-9,14-16H2,1-4H3,(H,25,26)/t18-,24+/m0/s1. The summed E-state index contributed by atoms with van der Waals surface area (Å²) >= 11 is 0. The topological polar surface area (TPSA) is 47.6 Å². The zero-order valence-corrected chi connectivity index (χ0v) is 17.6. The van der Waals surface area contributed by atoms with Gasteiger partial charge in [-0.25, -0.2) is 0 Å². The first-order chi connectivity index (χ1) is 13.4. The zero-order chi connectivity index (χ0) is 20.1. The first-order valence-electron chi connectivity index (χ1n) is 10.5. The van der Waals surface area contributed by atoms with E-state index in [9.17, 15) is 4.79 Å². The summed E-state index contributed by atoms with van der Waals surface area (Å²) < 4.78 is 12.0. The number of hydrogen-bond donors (Lipinski definition) is 1. The number of hydrogen-bond acceptors (Lipinski definition) is 3. The summed E-state index contributed by atoms with van der Waals surface area (Å²) in [6.45, 7) is 9.65. The largest absolute Gasteiger partial charge is 0.493 e. The fraction of sp³-hybridized carbons (Fsp3) is 0.542. The van der Waals surface area contributed by atoms with Gasteiger partial charge in [0.25, 0.3) is 5.91 Å². The number of fused-ring (bicyclic) bond motifs is 1. The maximum Gasteiger partial charge on any atom is 0.256 e. The van der Waals surface area contributed by atoms with E-state index in [1.165, 1.54) is 0 Å². The van der Waals surface area contributed by atoms with Crippen LogP contribution in [0.5, 0.6) is 5.75 Å². The molecule has 0 bridgehead atoms. The molecule has 152 valence electrons. The molecule has 1 aliphatic carbocycles. The van der Waals surface area contributed by atoms with Crippen molar-refractivity contribution < 1.29 is 14.3 Å². The highest BCUT2D eigenvalue weighted by atomic mass is 16.5. The Hall–Kier alpha value is -2.07. The maximum atomic E-state index is 13.3. The fourth-order valence-electron chi connectivity index (χ4n) is 4.18. The Morgan fingerprint density at radius 2 is 1.96 bits per heavy atom. The number of anilines is 1. The lowest BCUT2D eigenvalue weighted by molar-refractivity contribution is -0.147. The highest BCUT2D eigenvalue weighted by Gasteiger charge is 2.42. The molecule has 1 fully saturated rings. The Bertz CT molecular complexity index is 813. The van der Waals surface area contributed by atoms with Crippen molar-refractivity contribution in [1.82, 2.24) is 0 Å². The van der Waals surface area contributed by atoms with E-state index >= 15 is 0 Å².